The third-order valence-electron chi connectivity index (χ3n) is 4.43. The Morgan fingerprint density at radius 2 is 1.73 bits per heavy atom. The molecule has 22 heavy (non-hydrogen) atoms. The molecule has 0 radical (unpaired) electrons. The van der Waals surface area contributed by atoms with Crippen molar-refractivity contribution in [2.24, 2.45) is 0 Å². The third-order valence-corrected chi connectivity index (χ3v) is 4.80. The van der Waals surface area contributed by atoms with Gasteiger partial charge in [0.1, 0.15) is 5.82 Å². The highest BCUT2D eigenvalue weighted by molar-refractivity contribution is 6.31. The number of nitrogens with zero attached hydrogens (tertiary/aromatic N) is 2. The molecule has 0 bridgehead atoms. The molecule has 1 aliphatic heterocycles. The van der Waals surface area contributed by atoms with Crippen LogP contribution in [0.5, 0.6) is 0 Å². The summed E-state index contributed by atoms with van der Waals surface area (Å²) < 4.78 is 0. The first-order chi connectivity index (χ1) is 10.6. The number of nitrogens with one attached hydrogen (secondary N) is 1. The summed E-state index contributed by atoms with van der Waals surface area (Å²) in [5.41, 5.74) is 4.69. The molecule has 0 atom stereocenters. The van der Waals surface area contributed by atoms with Crippen LogP contribution in [-0.2, 0) is 6.42 Å². The lowest BCUT2D eigenvalue weighted by molar-refractivity contribution is 0.455. The second-order valence-corrected chi connectivity index (χ2v) is 6.42. The first kappa shape index (κ1) is 15.4. The summed E-state index contributed by atoms with van der Waals surface area (Å²) in [5, 5.41) is 4.20. The summed E-state index contributed by atoms with van der Waals surface area (Å²) in [4.78, 5) is 9.51. The van der Waals surface area contributed by atoms with E-state index < -0.39 is 0 Å². The highest BCUT2D eigenvalue weighted by Crippen LogP contribution is 2.29. The minimum Gasteiger partial charge on any atom is -0.317 e. The molecule has 1 aliphatic rings. The van der Waals surface area contributed by atoms with Gasteiger partial charge in [0.25, 0.3) is 0 Å². The van der Waals surface area contributed by atoms with Gasteiger partial charge >= 0.3 is 0 Å². The summed E-state index contributed by atoms with van der Waals surface area (Å²) in [6, 6.07) is 7.91. The largest absolute Gasteiger partial charge is 0.317 e. The number of aryl methyl sites for hydroxylation is 2. The van der Waals surface area contributed by atoms with E-state index in [9.17, 15) is 0 Å². The van der Waals surface area contributed by atoms with Gasteiger partial charge in [0, 0.05) is 22.8 Å². The zero-order valence-electron chi connectivity index (χ0n) is 13.2. The van der Waals surface area contributed by atoms with E-state index in [2.05, 4.69) is 19.2 Å². The molecule has 2 heterocycles. The Morgan fingerprint density at radius 1 is 1.09 bits per heavy atom. The SMILES string of the molecule is Cc1nc(Cc2ccccc2Cl)nc(C)c1C1CCNCC1. The molecule has 1 aromatic heterocycles. The van der Waals surface area contributed by atoms with Crippen molar-refractivity contribution in [3.63, 3.8) is 0 Å². The second-order valence-electron chi connectivity index (χ2n) is 6.02. The Bertz CT molecular complexity index is 640. The van der Waals surface area contributed by atoms with Crippen molar-refractivity contribution in [3.05, 3.63) is 57.6 Å². The maximum atomic E-state index is 6.24. The highest BCUT2D eigenvalue weighted by Gasteiger charge is 2.21. The van der Waals surface area contributed by atoms with Crippen molar-refractivity contribution in [2.75, 3.05) is 13.1 Å². The molecule has 1 aromatic carbocycles. The van der Waals surface area contributed by atoms with Crippen molar-refractivity contribution in [3.8, 4) is 0 Å². The molecule has 116 valence electrons. The van der Waals surface area contributed by atoms with Crippen LogP contribution < -0.4 is 5.32 Å². The van der Waals surface area contributed by atoms with Crippen molar-refractivity contribution in [2.45, 2.75) is 39.0 Å². The first-order valence-electron chi connectivity index (χ1n) is 7.93. The van der Waals surface area contributed by atoms with Gasteiger partial charge in [0.15, 0.2) is 0 Å². The van der Waals surface area contributed by atoms with Gasteiger partial charge in [-0.15, -0.1) is 0 Å². The van der Waals surface area contributed by atoms with E-state index >= 15 is 0 Å². The molecule has 1 N–H and O–H groups in total. The lowest BCUT2D eigenvalue weighted by Gasteiger charge is -2.25. The molecule has 3 rings (SSSR count). The molecule has 0 saturated carbocycles. The fourth-order valence-electron chi connectivity index (χ4n) is 3.39. The fourth-order valence-corrected chi connectivity index (χ4v) is 3.59. The summed E-state index contributed by atoms with van der Waals surface area (Å²) in [5.74, 6) is 1.45. The minimum atomic E-state index is 0.593. The summed E-state index contributed by atoms with van der Waals surface area (Å²) in [7, 11) is 0. The van der Waals surface area contributed by atoms with Crippen LogP contribution >= 0.6 is 11.6 Å². The molecule has 4 heteroatoms. The number of hydrogen-bond acceptors (Lipinski definition) is 3. The van der Waals surface area contributed by atoms with Gasteiger partial charge in [-0.2, -0.15) is 0 Å². The third kappa shape index (κ3) is 3.31. The van der Waals surface area contributed by atoms with E-state index in [4.69, 9.17) is 21.6 Å². The maximum absolute atomic E-state index is 6.24. The van der Waals surface area contributed by atoms with Crippen molar-refractivity contribution in [1.29, 1.82) is 0 Å². The monoisotopic (exact) mass is 315 g/mol. The maximum Gasteiger partial charge on any atom is 0.133 e. The van der Waals surface area contributed by atoms with E-state index in [-0.39, 0.29) is 0 Å². The van der Waals surface area contributed by atoms with Gasteiger partial charge < -0.3 is 5.32 Å². The van der Waals surface area contributed by atoms with Crippen molar-refractivity contribution in [1.82, 2.24) is 15.3 Å². The zero-order chi connectivity index (χ0) is 15.5. The van der Waals surface area contributed by atoms with Crippen molar-refractivity contribution < 1.29 is 0 Å². The predicted molar refractivity (Wildman–Crippen MR) is 90.6 cm³/mol. The van der Waals surface area contributed by atoms with Crippen LogP contribution in [-0.4, -0.2) is 23.1 Å². The van der Waals surface area contributed by atoms with Gasteiger partial charge in [0.05, 0.1) is 0 Å². The molecule has 0 spiro atoms. The molecule has 0 unspecified atom stereocenters. The number of benzene rings is 1. The summed E-state index contributed by atoms with van der Waals surface area (Å²) in [6.07, 6.45) is 3.04. The summed E-state index contributed by atoms with van der Waals surface area (Å²) in [6.45, 7) is 6.40. The Hall–Kier alpha value is -1.45. The molecular formula is C18H22ClN3. The van der Waals surface area contributed by atoms with Crippen LogP contribution in [0.4, 0.5) is 0 Å². The molecule has 3 nitrogen and oxygen atoms in total. The number of aromatic nitrogens is 2. The number of halogens is 1. The standard InChI is InChI=1S/C18H22ClN3/c1-12-18(14-7-9-20-10-8-14)13(2)22-17(21-12)11-15-5-3-4-6-16(15)19/h3-6,14,20H,7-11H2,1-2H3. The molecule has 0 aliphatic carbocycles. The normalized spacial score (nSPS) is 16.0. The van der Waals surface area contributed by atoms with E-state index in [0.29, 0.717) is 12.3 Å². The average Bonchev–Trinajstić information content (AvgIpc) is 2.50. The van der Waals surface area contributed by atoms with Crippen LogP contribution in [0, 0.1) is 13.8 Å². The first-order valence-corrected chi connectivity index (χ1v) is 8.31. The van der Waals surface area contributed by atoms with Gasteiger partial charge in [-0.3, -0.25) is 0 Å². The fraction of sp³-hybridized carbons (Fsp3) is 0.444. The topological polar surface area (TPSA) is 37.8 Å². The molecule has 2 aromatic rings. The number of piperidine rings is 1. The van der Waals surface area contributed by atoms with E-state index in [1.165, 1.54) is 18.4 Å². The Morgan fingerprint density at radius 3 is 2.36 bits per heavy atom. The lowest BCUT2D eigenvalue weighted by Crippen LogP contribution is -2.27. The predicted octanol–water partition coefficient (Wildman–Crippen LogP) is 3.80. The smallest absolute Gasteiger partial charge is 0.133 e. The Balaban J connectivity index is 1.87. The van der Waals surface area contributed by atoms with E-state index in [0.717, 1.165) is 40.9 Å². The highest BCUT2D eigenvalue weighted by atomic mass is 35.5. The number of hydrogen-bond donors (Lipinski definition) is 1. The average molecular weight is 316 g/mol. The Kier molecular flexibility index (Phi) is 4.74. The van der Waals surface area contributed by atoms with Crippen LogP contribution in [0.2, 0.25) is 5.02 Å². The minimum absolute atomic E-state index is 0.593. The van der Waals surface area contributed by atoms with Gasteiger partial charge in [-0.1, -0.05) is 29.8 Å². The number of rotatable bonds is 3. The van der Waals surface area contributed by atoms with E-state index in [1.54, 1.807) is 0 Å². The lowest BCUT2D eigenvalue weighted by atomic mass is 9.88. The van der Waals surface area contributed by atoms with Crippen LogP contribution in [0.15, 0.2) is 24.3 Å². The van der Waals surface area contributed by atoms with Gasteiger partial charge in [0.2, 0.25) is 0 Å². The summed E-state index contributed by atoms with van der Waals surface area (Å²) >= 11 is 6.24. The molecule has 1 fully saturated rings. The second kappa shape index (κ2) is 6.76. The van der Waals surface area contributed by atoms with Crippen molar-refractivity contribution >= 4 is 11.6 Å². The van der Waals surface area contributed by atoms with Gasteiger partial charge in [-0.25, -0.2) is 9.97 Å². The van der Waals surface area contributed by atoms with Gasteiger partial charge in [-0.05, 0) is 62.9 Å². The van der Waals surface area contributed by atoms with E-state index in [1.807, 2.05) is 24.3 Å². The zero-order valence-corrected chi connectivity index (χ0v) is 14.0. The molecule has 0 amide bonds. The van der Waals surface area contributed by atoms with Crippen LogP contribution in [0.1, 0.15) is 47.1 Å². The quantitative estimate of drug-likeness (QED) is 0.936. The molecular weight excluding hydrogens is 294 g/mol. The molecule has 1 saturated heterocycles. The Labute approximate surface area is 137 Å². The van der Waals surface area contributed by atoms with Crippen LogP contribution in [0.3, 0.4) is 0 Å². The van der Waals surface area contributed by atoms with Crippen LogP contribution in [0.25, 0.3) is 0 Å².